The average Bonchev–Trinajstić information content (AvgIpc) is 2.17. The lowest BCUT2D eigenvalue weighted by atomic mass is 10.1. The van der Waals surface area contributed by atoms with Crippen molar-refractivity contribution >= 4 is 43.5 Å². The normalized spacial score (nSPS) is 10.3. The predicted molar refractivity (Wildman–Crippen MR) is 72.3 cm³/mol. The second-order valence-electron chi connectivity index (χ2n) is 3.13. The summed E-state index contributed by atoms with van der Waals surface area (Å²) >= 11 is 12.9. The zero-order valence-electron chi connectivity index (χ0n) is 7.68. The van der Waals surface area contributed by atoms with Crippen LogP contribution in [0.25, 0.3) is 11.1 Å². The molecule has 0 aromatic heterocycles. The fourth-order valence-corrected chi connectivity index (χ4v) is 2.69. The van der Waals surface area contributed by atoms with Crippen molar-refractivity contribution in [3.05, 3.63) is 56.4 Å². The summed E-state index contributed by atoms with van der Waals surface area (Å²) in [4.78, 5) is 0. The molecule has 3 heteroatoms. The van der Waals surface area contributed by atoms with E-state index in [2.05, 4.69) is 44.0 Å². The van der Waals surface area contributed by atoms with Crippen molar-refractivity contribution in [3.8, 4) is 11.1 Å². The van der Waals surface area contributed by atoms with E-state index in [-0.39, 0.29) is 0 Å². The Morgan fingerprint density at radius 2 is 1.73 bits per heavy atom. The number of hydrogen-bond acceptors (Lipinski definition) is 0. The van der Waals surface area contributed by atoms with Crippen LogP contribution in [0.1, 0.15) is 0 Å². The third-order valence-corrected chi connectivity index (χ3v) is 3.45. The van der Waals surface area contributed by atoms with Gasteiger partial charge < -0.3 is 0 Å². The van der Waals surface area contributed by atoms with Gasteiger partial charge in [0.25, 0.3) is 0 Å². The lowest BCUT2D eigenvalue weighted by Crippen LogP contribution is -1.79. The highest BCUT2D eigenvalue weighted by Crippen LogP contribution is 2.31. The average molecular weight is 346 g/mol. The quantitative estimate of drug-likeness (QED) is 0.637. The van der Waals surface area contributed by atoms with Crippen molar-refractivity contribution in [2.75, 3.05) is 0 Å². The molecule has 0 spiro atoms. The highest BCUT2D eigenvalue weighted by atomic mass is 79.9. The zero-order chi connectivity index (χ0) is 10.8. The van der Waals surface area contributed by atoms with Gasteiger partial charge in [0.15, 0.2) is 0 Å². The molecule has 0 N–H and O–H groups in total. The predicted octanol–water partition coefficient (Wildman–Crippen LogP) is 5.53. The summed E-state index contributed by atoms with van der Waals surface area (Å²) in [6.07, 6.45) is 0. The summed E-state index contributed by atoms with van der Waals surface area (Å²) in [6, 6.07) is 14.0. The molecule has 0 aliphatic heterocycles. The molecule has 0 bridgehead atoms. The van der Waals surface area contributed by atoms with Crippen LogP contribution >= 0.6 is 43.5 Å². The van der Waals surface area contributed by atoms with Gasteiger partial charge in [0.05, 0.1) is 0 Å². The smallest absolute Gasteiger partial charge is 0.0417 e. The summed E-state index contributed by atoms with van der Waals surface area (Å²) < 4.78 is 2.08. The molecule has 0 atom stereocenters. The minimum absolute atomic E-state index is 0.737. The first-order valence-corrected chi connectivity index (χ1v) is 6.34. The maximum Gasteiger partial charge on any atom is 0.0417 e. The van der Waals surface area contributed by atoms with Gasteiger partial charge in [-0.2, -0.15) is 0 Å². The Hall–Kier alpha value is -0.310. The van der Waals surface area contributed by atoms with E-state index in [9.17, 15) is 0 Å². The van der Waals surface area contributed by atoms with E-state index in [1.165, 1.54) is 0 Å². The van der Waals surface area contributed by atoms with E-state index in [1.54, 1.807) is 0 Å². The van der Waals surface area contributed by atoms with E-state index in [4.69, 9.17) is 11.6 Å². The fraction of sp³-hybridized carbons (Fsp3) is 0. The molecule has 0 saturated heterocycles. The van der Waals surface area contributed by atoms with Crippen molar-refractivity contribution in [1.82, 2.24) is 0 Å². The lowest BCUT2D eigenvalue weighted by Gasteiger charge is -2.05. The van der Waals surface area contributed by atoms with Crippen molar-refractivity contribution in [2.24, 2.45) is 0 Å². The number of hydrogen-bond donors (Lipinski definition) is 0. The molecule has 0 aliphatic carbocycles. The Labute approximate surface area is 111 Å². The molecule has 76 valence electrons. The van der Waals surface area contributed by atoms with Crippen molar-refractivity contribution in [3.63, 3.8) is 0 Å². The van der Waals surface area contributed by atoms with Crippen LogP contribution in [-0.4, -0.2) is 0 Å². The number of halogens is 3. The van der Waals surface area contributed by atoms with E-state index in [0.717, 1.165) is 25.1 Å². The standard InChI is InChI=1S/C12H7Br2Cl/c13-9-3-1-2-8(6-9)11-5-4-10(15)7-12(11)14/h1-7H. The van der Waals surface area contributed by atoms with Crippen molar-refractivity contribution in [2.45, 2.75) is 0 Å². The first-order valence-electron chi connectivity index (χ1n) is 4.38. The van der Waals surface area contributed by atoms with Gasteiger partial charge in [-0.25, -0.2) is 0 Å². The Morgan fingerprint density at radius 1 is 0.933 bits per heavy atom. The lowest BCUT2D eigenvalue weighted by molar-refractivity contribution is 1.56. The monoisotopic (exact) mass is 344 g/mol. The second kappa shape index (κ2) is 4.69. The van der Waals surface area contributed by atoms with Crippen LogP contribution in [-0.2, 0) is 0 Å². The molecule has 0 aliphatic rings. The molecular formula is C12H7Br2Cl. The van der Waals surface area contributed by atoms with E-state index in [1.807, 2.05) is 30.3 Å². The Morgan fingerprint density at radius 3 is 2.40 bits per heavy atom. The minimum atomic E-state index is 0.737. The van der Waals surface area contributed by atoms with Crippen molar-refractivity contribution < 1.29 is 0 Å². The molecule has 0 amide bonds. The summed E-state index contributed by atoms with van der Waals surface area (Å²) in [5, 5.41) is 0.737. The Kier molecular flexibility index (Phi) is 3.49. The van der Waals surface area contributed by atoms with Gasteiger partial charge >= 0.3 is 0 Å². The van der Waals surface area contributed by atoms with Gasteiger partial charge in [0.1, 0.15) is 0 Å². The van der Waals surface area contributed by atoms with E-state index < -0.39 is 0 Å². The molecule has 0 heterocycles. The third kappa shape index (κ3) is 2.63. The summed E-state index contributed by atoms with van der Waals surface area (Å²) in [6.45, 7) is 0. The van der Waals surface area contributed by atoms with Crippen LogP contribution in [0.3, 0.4) is 0 Å². The Bertz CT molecular complexity index is 495. The van der Waals surface area contributed by atoms with Gasteiger partial charge in [0, 0.05) is 14.0 Å². The molecular weight excluding hydrogens is 339 g/mol. The highest BCUT2D eigenvalue weighted by Gasteiger charge is 2.03. The largest absolute Gasteiger partial charge is 0.0843 e. The van der Waals surface area contributed by atoms with Gasteiger partial charge in [-0.3, -0.25) is 0 Å². The molecule has 15 heavy (non-hydrogen) atoms. The summed E-state index contributed by atoms with van der Waals surface area (Å²) in [5.41, 5.74) is 2.30. The van der Waals surface area contributed by atoms with Crippen LogP contribution in [0, 0.1) is 0 Å². The van der Waals surface area contributed by atoms with Crippen molar-refractivity contribution in [1.29, 1.82) is 0 Å². The molecule has 2 aromatic carbocycles. The van der Waals surface area contributed by atoms with Gasteiger partial charge in [-0.05, 0) is 35.4 Å². The number of benzene rings is 2. The molecule has 0 fully saturated rings. The summed E-state index contributed by atoms with van der Waals surface area (Å²) in [5.74, 6) is 0. The SMILES string of the molecule is Clc1ccc(-c2cccc(Br)c2)c(Br)c1. The third-order valence-electron chi connectivity index (χ3n) is 2.07. The molecule has 2 aromatic rings. The maximum absolute atomic E-state index is 5.90. The fourth-order valence-electron chi connectivity index (χ4n) is 1.38. The molecule has 0 radical (unpaired) electrons. The summed E-state index contributed by atoms with van der Waals surface area (Å²) in [7, 11) is 0. The molecule has 0 unspecified atom stereocenters. The van der Waals surface area contributed by atoms with E-state index in [0.29, 0.717) is 0 Å². The van der Waals surface area contributed by atoms with Gasteiger partial charge in [-0.1, -0.05) is 61.7 Å². The first kappa shape index (κ1) is 11.2. The van der Waals surface area contributed by atoms with Gasteiger partial charge in [-0.15, -0.1) is 0 Å². The first-order chi connectivity index (χ1) is 7.16. The van der Waals surface area contributed by atoms with Crippen LogP contribution in [0.2, 0.25) is 5.02 Å². The highest BCUT2D eigenvalue weighted by molar-refractivity contribution is 9.10. The molecule has 2 rings (SSSR count). The van der Waals surface area contributed by atoms with Crippen LogP contribution < -0.4 is 0 Å². The molecule has 0 saturated carbocycles. The Balaban J connectivity index is 2.54. The molecule has 0 nitrogen and oxygen atoms in total. The number of rotatable bonds is 1. The van der Waals surface area contributed by atoms with Crippen LogP contribution in [0.5, 0.6) is 0 Å². The topological polar surface area (TPSA) is 0 Å². The van der Waals surface area contributed by atoms with E-state index >= 15 is 0 Å². The van der Waals surface area contributed by atoms with Crippen LogP contribution in [0.4, 0.5) is 0 Å². The minimum Gasteiger partial charge on any atom is -0.0843 e. The second-order valence-corrected chi connectivity index (χ2v) is 5.34. The van der Waals surface area contributed by atoms with Gasteiger partial charge in [0.2, 0.25) is 0 Å². The maximum atomic E-state index is 5.90. The zero-order valence-corrected chi connectivity index (χ0v) is 11.6. The van der Waals surface area contributed by atoms with Crippen LogP contribution in [0.15, 0.2) is 51.4 Å².